The minimum atomic E-state index is -0.335. The van der Waals surface area contributed by atoms with Gasteiger partial charge in [-0.1, -0.05) is 19.1 Å². The van der Waals surface area contributed by atoms with Gasteiger partial charge in [0.2, 0.25) is 0 Å². The molecule has 1 unspecified atom stereocenters. The summed E-state index contributed by atoms with van der Waals surface area (Å²) in [6.45, 7) is 5.25. The smallest absolute Gasteiger partial charge is 0.283 e. The maximum absolute atomic E-state index is 10.9. The van der Waals surface area contributed by atoms with Gasteiger partial charge in [-0.3, -0.25) is 15.0 Å². The summed E-state index contributed by atoms with van der Waals surface area (Å²) in [6.07, 6.45) is 3.72. The lowest BCUT2D eigenvalue weighted by molar-refractivity contribution is -0.385. The summed E-state index contributed by atoms with van der Waals surface area (Å²) >= 11 is 3.37. The molecule has 0 spiro atoms. The summed E-state index contributed by atoms with van der Waals surface area (Å²) in [5.41, 5.74) is 1.16. The largest absolute Gasteiger partial charge is 0.299 e. The van der Waals surface area contributed by atoms with Gasteiger partial charge in [0.05, 0.1) is 9.40 Å². The lowest BCUT2D eigenvalue weighted by Gasteiger charge is -2.20. The van der Waals surface area contributed by atoms with Crippen LogP contribution < -0.4 is 0 Å². The molecule has 4 nitrogen and oxygen atoms in total. The molecule has 0 aliphatic carbocycles. The molecule has 19 heavy (non-hydrogen) atoms. The first-order valence-electron chi connectivity index (χ1n) is 6.72. The van der Waals surface area contributed by atoms with Crippen LogP contribution in [-0.4, -0.2) is 22.9 Å². The molecule has 1 aromatic rings. The van der Waals surface area contributed by atoms with Gasteiger partial charge < -0.3 is 0 Å². The van der Waals surface area contributed by atoms with Crippen LogP contribution in [0.5, 0.6) is 0 Å². The van der Waals surface area contributed by atoms with Crippen LogP contribution in [0, 0.1) is 16.0 Å². The molecule has 0 N–H and O–H groups in total. The van der Waals surface area contributed by atoms with E-state index < -0.39 is 0 Å². The Kier molecular flexibility index (Phi) is 4.93. The number of rotatable bonds is 3. The summed E-state index contributed by atoms with van der Waals surface area (Å²) in [5.74, 6) is 0.790. The average molecular weight is 327 g/mol. The van der Waals surface area contributed by atoms with Gasteiger partial charge in [-0.05, 0) is 59.8 Å². The monoisotopic (exact) mass is 326 g/mol. The number of nitrogens with zero attached hydrogens (tertiary/aromatic N) is 2. The van der Waals surface area contributed by atoms with Crippen LogP contribution in [0.25, 0.3) is 0 Å². The molecule has 1 fully saturated rings. The molecule has 1 heterocycles. The van der Waals surface area contributed by atoms with E-state index in [0.29, 0.717) is 4.47 Å². The van der Waals surface area contributed by atoms with Crippen molar-refractivity contribution in [2.24, 2.45) is 5.92 Å². The van der Waals surface area contributed by atoms with E-state index in [4.69, 9.17) is 0 Å². The van der Waals surface area contributed by atoms with Crippen LogP contribution in [0.4, 0.5) is 5.69 Å². The van der Waals surface area contributed by atoms with Crippen molar-refractivity contribution in [3.63, 3.8) is 0 Å². The van der Waals surface area contributed by atoms with Crippen LogP contribution in [-0.2, 0) is 6.54 Å². The zero-order valence-corrected chi connectivity index (χ0v) is 12.7. The molecule has 2 rings (SSSR count). The van der Waals surface area contributed by atoms with E-state index in [-0.39, 0.29) is 10.6 Å². The summed E-state index contributed by atoms with van der Waals surface area (Å²) < 4.78 is 0.622. The van der Waals surface area contributed by atoms with E-state index in [1.54, 1.807) is 6.07 Å². The first kappa shape index (κ1) is 14.5. The van der Waals surface area contributed by atoms with E-state index in [0.717, 1.165) is 31.1 Å². The molecule has 0 bridgehead atoms. The normalized spacial score (nSPS) is 21.1. The number of likely N-dealkylation sites (tertiary alicyclic amines) is 1. The van der Waals surface area contributed by atoms with Crippen LogP contribution in [0.1, 0.15) is 31.7 Å². The van der Waals surface area contributed by atoms with Crippen LogP contribution in [0.2, 0.25) is 0 Å². The number of halogens is 1. The minimum absolute atomic E-state index is 0.153. The molecular weight excluding hydrogens is 308 g/mol. The third-order valence-corrected chi connectivity index (χ3v) is 4.67. The quantitative estimate of drug-likeness (QED) is 0.623. The van der Waals surface area contributed by atoms with Crippen LogP contribution >= 0.6 is 15.9 Å². The van der Waals surface area contributed by atoms with Gasteiger partial charge >= 0.3 is 0 Å². The Morgan fingerprint density at radius 3 is 2.95 bits per heavy atom. The zero-order chi connectivity index (χ0) is 13.8. The average Bonchev–Trinajstić information content (AvgIpc) is 2.57. The second-order valence-corrected chi connectivity index (χ2v) is 6.11. The number of benzene rings is 1. The highest BCUT2D eigenvalue weighted by atomic mass is 79.9. The van der Waals surface area contributed by atoms with Gasteiger partial charge in [0.1, 0.15) is 0 Å². The molecule has 0 saturated carbocycles. The molecule has 1 aliphatic heterocycles. The van der Waals surface area contributed by atoms with E-state index in [1.807, 2.05) is 6.07 Å². The molecule has 5 heteroatoms. The second-order valence-electron chi connectivity index (χ2n) is 5.32. The maximum atomic E-state index is 10.9. The standard InChI is InChI=1S/C14H19BrN2O2/c1-11-4-3-8-16(9-7-11)10-12-5-2-6-13(14(12)15)17(18)19/h2,5-6,11H,3-4,7-10H2,1H3. The van der Waals surface area contributed by atoms with Crippen molar-refractivity contribution in [2.75, 3.05) is 13.1 Å². The van der Waals surface area contributed by atoms with Gasteiger partial charge in [-0.2, -0.15) is 0 Å². The van der Waals surface area contributed by atoms with Crippen molar-refractivity contribution in [1.82, 2.24) is 4.90 Å². The molecular formula is C14H19BrN2O2. The Hall–Kier alpha value is -0.940. The fourth-order valence-electron chi connectivity index (χ4n) is 2.55. The highest BCUT2D eigenvalue weighted by Crippen LogP contribution is 2.29. The summed E-state index contributed by atoms with van der Waals surface area (Å²) in [4.78, 5) is 13.0. The van der Waals surface area contributed by atoms with E-state index in [1.165, 1.54) is 25.3 Å². The molecule has 1 aromatic carbocycles. The fourth-order valence-corrected chi connectivity index (χ4v) is 3.09. The van der Waals surface area contributed by atoms with Crippen molar-refractivity contribution in [2.45, 2.75) is 32.7 Å². The predicted octanol–water partition coefficient (Wildman–Crippen LogP) is 3.98. The molecule has 1 saturated heterocycles. The van der Waals surface area contributed by atoms with E-state index in [2.05, 4.69) is 27.8 Å². The molecule has 1 aliphatic rings. The van der Waals surface area contributed by atoms with Gasteiger partial charge in [0, 0.05) is 12.6 Å². The van der Waals surface area contributed by atoms with Gasteiger partial charge in [0.15, 0.2) is 0 Å². The number of hydrogen-bond donors (Lipinski definition) is 0. The Morgan fingerprint density at radius 2 is 2.21 bits per heavy atom. The molecule has 0 aromatic heterocycles. The lowest BCUT2D eigenvalue weighted by Crippen LogP contribution is -2.24. The Morgan fingerprint density at radius 1 is 1.42 bits per heavy atom. The summed E-state index contributed by atoms with van der Waals surface area (Å²) in [7, 11) is 0. The Balaban J connectivity index is 2.10. The Bertz CT molecular complexity index is 465. The summed E-state index contributed by atoms with van der Waals surface area (Å²) in [5, 5.41) is 10.9. The third kappa shape index (κ3) is 3.76. The molecule has 0 radical (unpaired) electrons. The van der Waals surface area contributed by atoms with Crippen LogP contribution in [0.3, 0.4) is 0 Å². The van der Waals surface area contributed by atoms with Crippen molar-refractivity contribution < 1.29 is 4.92 Å². The number of nitro benzene ring substituents is 1. The first-order chi connectivity index (χ1) is 9.08. The van der Waals surface area contributed by atoms with Crippen LogP contribution in [0.15, 0.2) is 22.7 Å². The SMILES string of the molecule is CC1CCCN(Cc2cccc([N+](=O)[O-])c2Br)CC1. The molecule has 0 amide bonds. The van der Waals surface area contributed by atoms with Crippen molar-refractivity contribution in [3.05, 3.63) is 38.3 Å². The third-order valence-electron chi connectivity index (χ3n) is 3.76. The Labute approximate surface area is 122 Å². The zero-order valence-electron chi connectivity index (χ0n) is 11.1. The maximum Gasteiger partial charge on any atom is 0.283 e. The van der Waals surface area contributed by atoms with Crippen molar-refractivity contribution in [3.8, 4) is 0 Å². The fraction of sp³-hybridized carbons (Fsp3) is 0.571. The molecule has 1 atom stereocenters. The van der Waals surface area contributed by atoms with Crippen molar-refractivity contribution in [1.29, 1.82) is 0 Å². The highest BCUT2D eigenvalue weighted by Gasteiger charge is 2.18. The number of hydrogen-bond acceptors (Lipinski definition) is 3. The predicted molar refractivity (Wildman–Crippen MR) is 79.1 cm³/mol. The van der Waals surface area contributed by atoms with Gasteiger partial charge in [0.25, 0.3) is 5.69 Å². The highest BCUT2D eigenvalue weighted by molar-refractivity contribution is 9.10. The topological polar surface area (TPSA) is 46.4 Å². The summed E-state index contributed by atoms with van der Waals surface area (Å²) in [6, 6.07) is 5.27. The van der Waals surface area contributed by atoms with E-state index >= 15 is 0 Å². The van der Waals surface area contributed by atoms with Crippen molar-refractivity contribution >= 4 is 21.6 Å². The minimum Gasteiger partial charge on any atom is -0.299 e. The van der Waals surface area contributed by atoms with E-state index in [9.17, 15) is 10.1 Å². The number of nitro groups is 1. The lowest BCUT2D eigenvalue weighted by atomic mass is 10.0. The van der Waals surface area contributed by atoms with Gasteiger partial charge in [-0.25, -0.2) is 0 Å². The second kappa shape index (κ2) is 6.48. The molecule has 104 valence electrons. The van der Waals surface area contributed by atoms with Gasteiger partial charge in [-0.15, -0.1) is 0 Å². The first-order valence-corrected chi connectivity index (χ1v) is 7.51.